The molecule has 1 fully saturated rings. The van der Waals surface area contributed by atoms with Crippen LogP contribution in [0.4, 0.5) is 5.82 Å². The lowest BCUT2D eigenvalue weighted by Crippen LogP contribution is -2.45. The fourth-order valence-electron chi connectivity index (χ4n) is 3.86. The molecule has 1 aromatic heterocycles. The zero-order chi connectivity index (χ0) is 20.6. The van der Waals surface area contributed by atoms with Crippen LogP contribution in [0.15, 0.2) is 40.9 Å². The van der Waals surface area contributed by atoms with Crippen LogP contribution in [-0.2, 0) is 9.59 Å². The number of nitrogens with one attached hydrogen (secondary N) is 2. The number of anilines is 1. The summed E-state index contributed by atoms with van der Waals surface area (Å²) in [4.78, 5) is 27.2. The number of aryl methyl sites for hydroxylation is 1. The lowest BCUT2D eigenvalue weighted by Gasteiger charge is -2.37. The Kier molecular flexibility index (Phi) is 7.41. The largest absolute Gasteiger partial charge is 0.360 e. The van der Waals surface area contributed by atoms with Gasteiger partial charge in [0.05, 0.1) is 0 Å². The molecule has 7 nitrogen and oxygen atoms in total. The van der Waals surface area contributed by atoms with Gasteiger partial charge in [-0.15, -0.1) is 0 Å². The van der Waals surface area contributed by atoms with Crippen molar-refractivity contribution >= 4 is 17.6 Å². The topological polar surface area (TPSA) is 87.5 Å². The highest BCUT2D eigenvalue weighted by Crippen LogP contribution is 2.28. The van der Waals surface area contributed by atoms with E-state index in [0.29, 0.717) is 30.5 Å². The number of likely N-dealkylation sites (tertiary alicyclic amines) is 1. The first-order valence-electron chi connectivity index (χ1n) is 10.4. The summed E-state index contributed by atoms with van der Waals surface area (Å²) in [6, 6.07) is 11.1. The maximum absolute atomic E-state index is 13.2. The van der Waals surface area contributed by atoms with Gasteiger partial charge in [-0.1, -0.05) is 42.4 Å². The molecule has 2 aromatic rings. The molecule has 1 aromatic carbocycles. The van der Waals surface area contributed by atoms with Gasteiger partial charge in [-0.25, -0.2) is 0 Å². The van der Waals surface area contributed by atoms with E-state index < -0.39 is 6.04 Å². The maximum Gasteiger partial charge on any atom is 0.247 e. The molecule has 29 heavy (non-hydrogen) atoms. The van der Waals surface area contributed by atoms with Crippen LogP contribution < -0.4 is 10.6 Å². The summed E-state index contributed by atoms with van der Waals surface area (Å²) in [5.74, 6) is 1.38. The van der Waals surface area contributed by atoms with Gasteiger partial charge in [0.15, 0.2) is 5.82 Å². The van der Waals surface area contributed by atoms with Crippen molar-refractivity contribution in [3.8, 4) is 0 Å². The van der Waals surface area contributed by atoms with Gasteiger partial charge in [0.1, 0.15) is 11.8 Å². The molecule has 0 radical (unpaired) electrons. The molecule has 0 saturated carbocycles. The number of hydrogen-bond donors (Lipinski definition) is 2. The maximum atomic E-state index is 13.2. The van der Waals surface area contributed by atoms with Gasteiger partial charge in [0, 0.05) is 25.6 Å². The highest BCUT2D eigenvalue weighted by Gasteiger charge is 2.32. The average molecular weight is 399 g/mol. The van der Waals surface area contributed by atoms with E-state index in [1.807, 2.05) is 37.3 Å². The molecular formula is C22H30N4O3. The van der Waals surface area contributed by atoms with E-state index in [0.717, 1.165) is 37.9 Å². The smallest absolute Gasteiger partial charge is 0.247 e. The van der Waals surface area contributed by atoms with E-state index in [4.69, 9.17) is 4.52 Å². The minimum absolute atomic E-state index is 0.100. The van der Waals surface area contributed by atoms with Gasteiger partial charge in [0.25, 0.3) is 0 Å². The van der Waals surface area contributed by atoms with E-state index in [2.05, 4.69) is 20.7 Å². The van der Waals surface area contributed by atoms with Gasteiger partial charge in [-0.3, -0.25) is 14.5 Å². The molecule has 2 amide bonds. The molecule has 3 rings (SSSR count). The highest BCUT2D eigenvalue weighted by molar-refractivity contribution is 5.94. The van der Waals surface area contributed by atoms with Crippen LogP contribution >= 0.6 is 0 Å². The summed E-state index contributed by atoms with van der Waals surface area (Å²) in [6.45, 7) is 6.04. The van der Waals surface area contributed by atoms with Crippen molar-refractivity contribution in [2.24, 2.45) is 5.92 Å². The summed E-state index contributed by atoms with van der Waals surface area (Å²) in [7, 11) is 0. The summed E-state index contributed by atoms with van der Waals surface area (Å²) >= 11 is 0. The number of aromatic nitrogens is 1. The van der Waals surface area contributed by atoms with Gasteiger partial charge >= 0.3 is 0 Å². The molecule has 1 aliphatic heterocycles. The number of nitrogens with zero attached hydrogens (tertiary/aromatic N) is 2. The van der Waals surface area contributed by atoms with Crippen LogP contribution in [0.2, 0.25) is 0 Å². The third-order valence-corrected chi connectivity index (χ3v) is 5.22. The van der Waals surface area contributed by atoms with E-state index in [9.17, 15) is 9.59 Å². The molecule has 2 N–H and O–H groups in total. The Hall–Kier alpha value is -2.67. The number of piperidine rings is 1. The lowest BCUT2D eigenvalue weighted by atomic mass is 9.94. The molecule has 2 atom stereocenters. The summed E-state index contributed by atoms with van der Waals surface area (Å²) in [5.41, 5.74) is 0.945. The zero-order valence-corrected chi connectivity index (χ0v) is 17.2. The van der Waals surface area contributed by atoms with Crippen molar-refractivity contribution in [2.45, 2.75) is 45.6 Å². The minimum atomic E-state index is -0.414. The van der Waals surface area contributed by atoms with Crippen LogP contribution in [0.25, 0.3) is 0 Å². The third kappa shape index (κ3) is 5.90. The predicted octanol–water partition coefficient (Wildman–Crippen LogP) is 3.29. The first-order valence-corrected chi connectivity index (χ1v) is 10.4. The molecule has 156 valence electrons. The van der Waals surface area contributed by atoms with Gasteiger partial charge < -0.3 is 15.2 Å². The Balaban J connectivity index is 1.71. The Labute approximate surface area is 171 Å². The highest BCUT2D eigenvalue weighted by atomic mass is 16.5. The lowest BCUT2D eigenvalue weighted by molar-refractivity contribution is -0.123. The van der Waals surface area contributed by atoms with Crippen molar-refractivity contribution < 1.29 is 14.1 Å². The molecule has 1 saturated heterocycles. The van der Waals surface area contributed by atoms with E-state index in [-0.39, 0.29) is 11.8 Å². The molecule has 2 unspecified atom stereocenters. The SMILES string of the molecule is CCCC(=O)NCC1CCCN(C(C(=O)Nc2cc(C)on2)c2ccccc2)C1. The number of rotatable bonds is 8. The first-order chi connectivity index (χ1) is 14.1. The van der Waals surface area contributed by atoms with Crippen molar-refractivity contribution in [1.82, 2.24) is 15.4 Å². The third-order valence-electron chi connectivity index (χ3n) is 5.22. The second kappa shape index (κ2) is 10.2. The second-order valence-corrected chi connectivity index (χ2v) is 7.68. The Morgan fingerprint density at radius 1 is 1.31 bits per heavy atom. The summed E-state index contributed by atoms with van der Waals surface area (Å²) in [5, 5.41) is 9.81. The molecular weight excluding hydrogens is 368 g/mol. The van der Waals surface area contributed by atoms with Crippen molar-refractivity contribution in [3.63, 3.8) is 0 Å². The fourth-order valence-corrected chi connectivity index (χ4v) is 3.86. The normalized spacial score (nSPS) is 18.2. The van der Waals surface area contributed by atoms with E-state index in [1.165, 1.54) is 0 Å². The van der Waals surface area contributed by atoms with Crippen LogP contribution in [0.1, 0.15) is 50.0 Å². The van der Waals surface area contributed by atoms with Gasteiger partial charge in [0.2, 0.25) is 11.8 Å². The Morgan fingerprint density at radius 3 is 2.79 bits per heavy atom. The van der Waals surface area contributed by atoms with Gasteiger partial charge in [-0.05, 0) is 44.2 Å². The number of carbonyl (C=O) groups is 2. The fraction of sp³-hybridized carbons (Fsp3) is 0.500. The van der Waals surface area contributed by atoms with Crippen LogP contribution in [0, 0.1) is 12.8 Å². The van der Waals surface area contributed by atoms with Crippen LogP contribution in [0.3, 0.4) is 0 Å². The number of benzene rings is 1. The minimum Gasteiger partial charge on any atom is -0.360 e. The van der Waals surface area contributed by atoms with E-state index in [1.54, 1.807) is 13.0 Å². The van der Waals surface area contributed by atoms with Crippen molar-refractivity contribution in [3.05, 3.63) is 47.7 Å². The number of amides is 2. The zero-order valence-electron chi connectivity index (χ0n) is 17.2. The van der Waals surface area contributed by atoms with Crippen LogP contribution in [-0.4, -0.2) is 41.5 Å². The van der Waals surface area contributed by atoms with Crippen molar-refractivity contribution in [2.75, 3.05) is 25.0 Å². The predicted molar refractivity (Wildman–Crippen MR) is 111 cm³/mol. The molecule has 0 spiro atoms. The Bertz CT molecular complexity index is 805. The average Bonchev–Trinajstić information content (AvgIpc) is 3.12. The number of hydrogen-bond acceptors (Lipinski definition) is 5. The first kappa shape index (κ1) is 21.0. The molecule has 7 heteroatoms. The van der Waals surface area contributed by atoms with E-state index >= 15 is 0 Å². The Morgan fingerprint density at radius 2 is 2.10 bits per heavy atom. The molecule has 0 bridgehead atoms. The standard InChI is InChI=1S/C22H30N4O3/c1-3-8-20(27)23-14-17-9-7-12-26(15-17)21(18-10-5-4-6-11-18)22(28)24-19-13-16(2)29-25-19/h4-6,10-11,13,17,21H,3,7-9,12,14-15H2,1-2H3,(H,23,27)(H,24,25,28). The summed E-state index contributed by atoms with van der Waals surface area (Å²) < 4.78 is 5.07. The van der Waals surface area contributed by atoms with Gasteiger partial charge in [-0.2, -0.15) is 0 Å². The molecule has 0 aliphatic carbocycles. The van der Waals surface area contributed by atoms with Crippen molar-refractivity contribution in [1.29, 1.82) is 0 Å². The molecule has 2 heterocycles. The number of carbonyl (C=O) groups excluding carboxylic acids is 2. The molecule has 1 aliphatic rings. The summed E-state index contributed by atoms with van der Waals surface area (Å²) in [6.07, 6.45) is 3.45. The second-order valence-electron chi connectivity index (χ2n) is 7.68. The van der Waals surface area contributed by atoms with Crippen LogP contribution in [0.5, 0.6) is 0 Å². The quantitative estimate of drug-likeness (QED) is 0.712. The monoisotopic (exact) mass is 398 g/mol.